The second-order valence-corrected chi connectivity index (χ2v) is 5.75. The zero-order valence-electron chi connectivity index (χ0n) is 12.4. The van der Waals surface area contributed by atoms with Gasteiger partial charge >= 0.3 is 0 Å². The molecule has 0 radical (unpaired) electrons. The lowest BCUT2D eigenvalue weighted by Gasteiger charge is -2.12. The second kappa shape index (κ2) is 7.77. The van der Waals surface area contributed by atoms with Gasteiger partial charge in [0.25, 0.3) is 0 Å². The van der Waals surface area contributed by atoms with Gasteiger partial charge in [0.2, 0.25) is 5.91 Å². The topological polar surface area (TPSA) is 59.6 Å². The number of carbonyl (C=O) groups is 1. The fraction of sp³-hybridized carbons (Fsp3) is 0.533. The summed E-state index contributed by atoms with van der Waals surface area (Å²) in [6.07, 6.45) is 2.20. The van der Waals surface area contributed by atoms with Crippen LogP contribution in [0.25, 0.3) is 0 Å². The van der Waals surface area contributed by atoms with Gasteiger partial charge in [-0.3, -0.25) is 4.79 Å². The average Bonchev–Trinajstić information content (AvgIpc) is 2.77. The lowest BCUT2D eigenvalue weighted by Crippen LogP contribution is -2.23. The average molecular weight is 357 g/mol. The third-order valence-electron chi connectivity index (χ3n) is 3.35. The van der Waals surface area contributed by atoms with Crippen molar-refractivity contribution in [3.63, 3.8) is 0 Å². The van der Waals surface area contributed by atoms with E-state index in [-0.39, 0.29) is 11.9 Å². The minimum atomic E-state index is -0.303. The van der Waals surface area contributed by atoms with E-state index in [0.717, 1.165) is 35.2 Å². The zero-order valence-corrected chi connectivity index (χ0v) is 14.0. The van der Waals surface area contributed by atoms with Crippen LogP contribution in [0.4, 0.5) is 5.69 Å². The molecule has 2 rings (SSSR count). The molecule has 0 aliphatic carbocycles. The summed E-state index contributed by atoms with van der Waals surface area (Å²) in [5.41, 5.74) is 1.73. The fourth-order valence-electron chi connectivity index (χ4n) is 2.22. The lowest BCUT2D eigenvalue weighted by atomic mass is 10.1. The van der Waals surface area contributed by atoms with Crippen molar-refractivity contribution in [1.29, 1.82) is 0 Å². The van der Waals surface area contributed by atoms with Crippen molar-refractivity contribution in [3.05, 3.63) is 22.2 Å². The second-order valence-electron chi connectivity index (χ2n) is 4.90. The van der Waals surface area contributed by atoms with Crippen molar-refractivity contribution in [3.8, 4) is 5.75 Å². The normalized spacial score (nSPS) is 16.7. The first-order valence-corrected chi connectivity index (χ1v) is 7.98. The molecule has 21 heavy (non-hydrogen) atoms. The van der Waals surface area contributed by atoms with E-state index in [1.165, 1.54) is 0 Å². The number of nitrogens with one attached hydrogen (secondary N) is 2. The van der Waals surface area contributed by atoms with Gasteiger partial charge in [-0.1, -0.05) is 13.3 Å². The Morgan fingerprint density at radius 1 is 1.33 bits per heavy atom. The Labute approximate surface area is 133 Å². The predicted octanol–water partition coefficient (Wildman–Crippen LogP) is 2.86. The fourth-order valence-corrected chi connectivity index (χ4v) is 2.69. The van der Waals surface area contributed by atoms with E-state index in [1.807, 2.05) is 12.1 Å². The molecule has 0 aromatic heterocycles. The number of rotatable bonds is 8. The first-order chi connectivity index (χ1) is 10.2. The van der Waals surface area contributed by atoms with E-state index >= 15 is 0 Å². The number of unbranched alkanes of at least 4 members (excludes halogenated alkanes) is 1. The highest BCUT2D eigenvalue weighted by molar-refractivity contribution is 9.10. The minimum absolute atomic E-state index is 0.0422. The number of hydrogen-bond acceptors (Lipinski definition) is 4. The van der Waals surface area contributed by atoms with Crippen LogP contribution < -0.4 is 15.4 Å². The molecule has 1 aliphatic heterocycles. The molecule has 116 valence electrons. The van der Waals surface area contributed by atoms with Crippen molar-refractivity contribution < 1.29 is 14.3 Å². The Bertz CT molecular complexity index is 508. The van der Waals surface area contributed by atoms with Crippen molar-refractivity contribution in [1.82, 2.24) is 5.32 Å². The minimum Gasteiger partial charge on any atom is -0.490 e. The Morgan fingerprint density at radius 3 is 2.86 bits per heavy atom. The van der Waals surface area contributed by atoms with Gasteiger partial charge in [0, 0.05) is 23.9 Å². The summed E-state index contributed by atoms with van der Waals surface area (Å²) in [7, 11) is 1.77. The molecular formula is C15H21BrN2O3. The molecule has 1 amide bonds. The maximum Gasteiger partial charge on any atom is 0.246 e. The molecule has 0 spiro atoms. The monoisotopic (exact) mass is 356 g/mol. The Balaban J connectivity index is 1.94. The SMILES string of the molecule is CCCCOCCOc1cc2c(cc1Br)C(NC)C(=O)N2. The molecule has 1 aromatic carbocycles. The van der Waals surface area contributed by atoms with Gasteiger partial charge in [0.15, 0.2) is 0 Å². The molecule has 0 fully saturated rings. The lowest BCUT2D eigenvalue weighted by molar-refractivity contribution is -0.117. The number of carbonyl (C=O) groups excluding carboxylic acids is 1. The smallest absolute Gasteiger partial charge is 0.246 e. The Morgan fingerprint density at radius 2 is 2.14 bits per heavy atom. The van der Waals surface area contributed by atoms with Crippen molar-refractivity contribution in [2.75, 3.05) is 32.2 Å². The van der Waals surface area contributed by atoms with Crippen LogP contribution in [-0.2, 0) is 9.53 Å². The first kappa shape index (κ1) is 16.3. The van der Waals surface area contributed by atoms with Gasteiger partial charge in [-0.15, -0.1) is 0 Å². The summed E-state index contributed by atoms with van der Waals surface area (Å²) in [6, 6.07) is 3.46. The highest BCUT2D eigenvalue weighted by Crippen LogP contribution is 2.38. The van der Waals surface area contributed by atoms with Crippen molar-refractivity contribution >= 4 is 27.5 Å². The van der Waals surface area contributed by atoms with E-state index in [0.29, 0.717) is 19.0 Å². The number of amides is 1. The number of likely N-dealkylation sites (N-methyl/N-ethyl adjacent to an activating group) is 1. The molecule has 0 saturated carbocycles. The summed E-state index contributed by atoms with van der Waals surface area (Å²) in [6.45, 7) is 3.96. The van der Waals surface area contributed by atoms with Gasteiger partial charge in [-0.2, -0.15) is 0 Å². The molecule has 2 N–H and O–H groups in total. The molecule has 5 nitrogen and oxygen atoms in total. The van der Waals surface area contributed by atoms with Crippen LogP contribution in [0.5, 0.6) is 5.75 Å². The maximum absolute atomic E-state index is 11.8. The van der Waals surface area contributed by atoms with Gasteiger partial charge in [0.1, 0.15) is 18.4 Å². The standard InChI is InChI=1S/C15H21BrN2O3/c1-3-4-5-20-6-7-21-13-9-12-10(8-11(13)16)14(17-2)15(19)18-12/h8-9,14,17H,3-7H2,1-2H3,(H,18,19). The quantitative estimate of drug-likeness (QED) is 0.703. The van der Waals surface area contributed by atoms with Crippen LogP contribution in [0.15, 0.2) is 16.6 Å². The highest BCUT2D eigenvalue weighted by atomic mass is 79.9. The summed E-state index contributed by atoms with van der Waals surface area (Å²) in [5.74, 6) is 0.671. The van der Waals surface area contributed by atoms with Gasteiger partial charge in [-0.25, -0.2) is 0 Å². The number of fused-ring (bicyclic) bond motifs is 1. The molecule has 0 saturated heterocycles. The third kappa shape index (κ3) is 3.96. The molecule has 1 atom stereocenters. The zero-order chi connectivity index (χ0) is 15.2. The van der Waals surface area contributed by atoms with Crippen LogP contribution in [-0.4, -0.2) is 32.8 Å². The summed E-state index contributed by atoms with van der Waals surface area (Å²) in [5, 5.41) is 5.85. The Hall–Kier alpha value is -1.11. The van der Waals surface area contributed by atoms with Crippen molar-refractivity contribution in [2.45, 2.75) is 25.8 Å². The van der Waals surface area contributed by atoms with E-state index in [1.54, 1.807) is 7.05 Å². The van der Waals surface area contributed by atoms with Gasteiger partial charge in [0.05, 0.1) is 11.1 Å². The van der Waals surface area contributed by atoms with Crippen LogP contribution in [0.2, 0.25) is 0 Å². The molecule has 1 unspecified atom stereocenters. The summed E-state index contributed by atoms with van der Waals surface area (Å²) in [4.78, 5) is 11.8. The summed E-state index contributed by atoms with van der Waals surface area (Å²) >= 11 is 3.49. The van der Waals surface area contributed by atoms with E-state index in [9.17, 15) is 4.79 Å². The van der Waals surface area contributed by atoms with E-state index < -0.39 is 0 Å². The molecular weight excluding hydrogens is 336 g/mol. The molecule has 0 bridgehead atoms. The molecule has 1 aromatic rings. The van der Waals surface area contributed by atoms with Crippen LogP contribution in [0.1, 0.15) is 31.4 Å². The molecule has 6 heteroatoms. The Kier molecular flexibility index (Phi) is 6.02. The maximum atomic E-state index is 11.8. The molecule has 1 aliphatic rings. The summed E-state index contributed by atoms with van der Waals surface area (Å²) < 4.78 is 12.0. The molecule has 1 heterocycles. The van der Waals surface area contributed by atoms with Gasteiger partial charge in [-0.05, 0) is 35.5 Å². The largest absolute Gasteiger partial charge is 0.490 e. The van der Waals surface area contributed by atoms with E-state index in [2.05, 4.69) is 33.5 Å². The van der Waals surface area contributed by atoms with Crippen LogP contribution in [0, 0.1) is 0 Å². The number of benzene rings is 1. The van der Waals surface area contributed by atoms with E-state index in [4.69, 9.17) is 9.47 Å². The number of ether oxygens (including phenoxy) is 2. The number of halogens is 1. The first-order valence-electron chi connectivity index (χ1n) is 7.19. The highest BCUT2D eigenvalue weighted by Gasteiger charge is 2.30. The van der Waals surface area contributed by atoms with Gasteiger partial charge < -0.3 is 20.1 Å². The number of anilines is 1. The van der Waals surface area contributed by atoms with Crippen LogP contribution >= 0.6 is 15.9 Å². The number of hydrogen-bond donors (Lipinski definition) is 2. The predicted molar refractivity (Wildman–Crippen MR) is 85.8 cm³/mol. The van der Waals surface area contributed by atoms with Crippen LogP contribution in [0.3, 0.4) is 0 Å². The third-order valence-corrected chi connectivity index (χ3v) is 3.97. The van der Waals surface area contributed by atoms with Crippen molar-refractivity contribution in [2.24, 2.45) is 0 Å².